The average Bonchev–Trinajstić information content (AvgIpc) is 2.30. The van der Waals surface area contributed by atoms with Crippen molar-refractivity contribution in [2.45, 2.75) is 52.9 Å². The van der Waals surface area contributed by atoms with E-state index in [1.54, 1.807) is 0 Å². The molecule has 0 fully saturated rings. The van der Waals surface area contributed by atoms with Crippen molar-refractivity contribution in [3.63, 3.8) is 0 Å². The lowest BCUT2D eigenvalue weighted by Crippen LogP contribution is -2.04. The summed E-state index contributed by atoms with van der Waals surface area (Å²) in [6.45, 7) is 6.44. The summed E-state index contributed by atoms with van der Waals surface area (Å²) in [5.41, 5.74) is 2.10. The van der Waals surface area contributed by atoms with Gasteiger partial charge in [0.05, 0.1) is 0 Å². The molecule has 0 amide bonds. The van der Waals surface area contributed by atoms with Gasteiger partial charge in [0.1, 0.15) is 5.75 Å². The molecule has 0 saturated carbocycles. The van der Waals surface area contributed by atoms with E-state index < -0.39 is 0 Å². The first kappa shape index (κ1) is 13.1. The van der Waals surface area contributed by atoms with Crippen molar-refractivity contribution in [3.05, 3.63) is 29.3 Å². The Morgan fingerprint density at radius 3 is 2.62 bits per heavy atom. The molecule has 0 aliphatic carbocycles. The Morgan fingerprint density at radius 1 is 1.25 bits per heavy atom. The van der Waals surface area contributed by atoms with Crippen molar-refractivity contribution >= 4 is 0 Å². The Hall–Kier alpha value is -0.980. The lowest BCUT2D eigenvalue weighted by molar-refractivity contribution is 0.425. The fourth-order valence-corrected chi connectivity index (χ4v) is 2.14. The number of phenols is 1. The topological polar surface area (TPSA) is 20.2 Å². The summed E-state index contributed by atoms with van der Waals surface area (Å²) in [5, 5.41) is 9.97. The smallest absolute Gasteiger partial charge is 0.121 e. The average molecular weight is 220 g/mol. The van der Waals surface area contributed by atoms with Gasteiger partial charge >= 0.3 is 0 Å². The number of aromatic hydroxyl groups is 1. The van der Waals surface area contributed by atoms with Gasteiger partial charge in [-0.2, -0.15) is 0 Å². The Kier molecular flexibility index (Phi) is 5.37. The van der Waals surface area contributed by atoms with Gasteiger partial charge in [0.2, 0.25) is 0 Å². The molecule has 1 atom stereocenters. The van der Waals surface area contributed by atoms with Crippen LogP contribution in [0.1, 0.15) is 50.7 Å². The van der Waals surface area contributed by atoms with Gasteiger partial charge in [-0.1, -0.05) is 57.7 Å². The normalized spacial score (nSPS) is 12.7. The maximum atomic E-state index is 9.97. The van der Waals surface area contributed by atoms with E-state index in [-0.39, 0.29) is 0 Å². The second kappa shape index (κ2) is 6.57. The molecule has 0 spiro atoms. The van der Waals surface area contributed by atoms with E-state index in [1.165, 1.54) is 25.7 Å². The molecule has 1 heteroatoms. The van der Waals surface area contributed by atoms with Gasteiger partial charge in [-0.05, 0) is 30.4 Å². The third kappa shape index (κ3) is 3.55. The summed E-state index contributed by atoms with van der Waals surface area (Å²) in [4.78, 5) is 0. The third-order valence-electron chi connectivity index (χ3n) is 3.37. The Bertz CT molecular complexity index is 317. The van der Waals surface area contributed by atoms with E-state index in [2.05, 4.69) is 19.9 Å². The molecule has 1 aromatic rings. The van der Waals surface area contributed by atoms with E-state index in [1.807, 2.05) is 19.1 Å². The quantitative estimate of drug-likeness (QED) is 0.750. The number of rotatable bonds is 6. The second-order valence-corrected chi connectivity index (χ2v) is 4.70. The molecule has 0 aliphatic heterocycles. The molecular weight excluding hydrogens is 196 g/mol. The molecule has 1 N–H and O–H groups in total. The summed E-state index contributed by atoms with van der Waals surface area (Å²) < 4.78 is 0. The minimum Gasteiger partial charge on any atom is -0.507 e. The molecule has 16 heavy (non-hydrogen) atoms. The van der Waals surface area contributed by atoms with Crippen molar-refractivity contribution in [3.8, 4) is 5.75 Å². The molecular formula is C15H24O. The van der Waals surface area contributed by atoms with E-state index in [9.17, 15) is 5.11 Å². The molecule has 0 bridgehead atoms. The molecule has 90 valence electrons. The SMILES string of the molecule is CCCCC(CC)Cc1cccc(C)c1O. The Balaban J connectivity index is 2.66. The van der Waals surface area contributed by atoms with Gasteiger partial charge < -0.3 is 5.11 Å². The molecule has 0 radical (unpaired) electrons. The minimum atomic E-state index is 0.498. The number of hydrogen-bond donors (Lipinski definition) is 1. The monoisotopic (exact) mass is 220 g/mol. The fraction of sp³-hybridized carbons (Fsp3) is 0.600. The van der Waals surface area contributed by atoms with Crippen LogP contribution in [-0.4, -0.2) is 5.11 Å². The van der Waals surface area contributed by atoms with Crippen LogP contribution in [0.3, 0.4) is 0 Å². The second-order valence-electron chi connectivity index (χ2n) is 4.70. The molecule has 0 aliphatic rings. The Morgan fingerprint density at radius 2 is 2.00 bits per heavy atom. The van der Waals surface area contributed by atoms with Gasteiger partial charge in [-0.3, -0.25) is 0 Å². The summed E-state index contributed by atoms with van der Waals surface area (Å²) in [6.07, 6.45) is 6.05. The number of phenolic OH excluding ortho intramolecular Hbond substituents is 1. The molecule has 0 saturated heterocycles. The first-order valence-electron chi connectivity index (χ1n) is 6.46. The predicted molar refractivity (Wildman–Crippen MR) is 69.9 cm³/mol. The lowest BCUT2D eigenvalue weighted by Gasteiger charge is -2.15. The van der Waals surface area contributed by atoms with Gasteiger partial charge in [-0.15, -0.1) is 0 Å². The zero-order valence-corrected chi connectivity index (χ0v) is 10.8. The van der Waals surface area contributed by atoms with Crippen LogP contribution in [0.25, 0.3) is 0 Å². The zero-order valence-electron chi connectivity index (χ0n) is 10.8. The molecule has 1 aromatic carbocycles. The van der Waals surface area contributed by atoms with Crippen LogP contribution in [0.5, 0.6) is 5.75 Å². The van der Waals surface area contributed by atoms with Crippen LogP contribution in [-0.2, 0) is 6.42 Å². The van der Waals surface area contributed by atoms with Crippen molar-refractivity contribution in [2.75, 3.05) is 0 Å². The van der Waals surface area contributed by atoms with Crippen molar-refractivity contribution < 1.29 is 5.11 Å². The third-order valence-corrected chi connectivity index (χ3v) is 3.37. The first-order valence-corrected chi connectivity index (χ1v) is 6.46. The highest BCUT2D eigenvalue weighted by Gasteiger charge is 2.10. The van der Waals surface area contributed by atoms with Crippen LogP contribution >= 0.6 is 0 Å². The van der Waals surface area contributed by atoms with Crippen molar-refractivity contribution in [2.24, 2.45) is 5.92 Å². The van der Waals surface area contributed by atoms with Crippen LogP contribution in [0, 0.1) is 12.8 Å². The van der Waals surface area contributed by atoms with Gasteiger partial charge in [-0.25, -0.2) is 0 Å². The van der Waals surface area contributed by atoms with Gasteiger partial charge in [0, 0.05) is 0 Å². The number of hydrogen-bond acceptors (Lipinski definition) is 1. The lowest BCUT2D eigenvalue weighted by atomic mass is 9.91. The molecule has 1 unspecified atom stereocenters. The first-order chi connectivity index (χ1) is 7.69. The van der Waals surface area contributed by atoms with Crippen molar-refractivity contribution in [1.82, 2.24) is 0 Å². The van der Waals surface area contributed by atoms with Gasteiger partial charge in [0.25, 0.3) is 0 Å². The van der Waals surface area contributed by atoms with Crippen LogP contribution in [0.4, 0.5) is 0 Å². The minimum absolute atomic E-state index is 0.498. The standard InChI is InChI=1S/C15H24O/c1-4-6-9-13(5-2)11-14-10-7-8-12(3)15(14)16/h7-8,10,13,16H,4-6,9,11H2,1-3H3. The Labute approximate surface area is 99.5 Å². The summed E-state index contributed by atoms with van der Waals surface area (Å²) in [5.74, 6) is 1.21. The fourth-order valence-electron chi connectivity index (χ4n) is 2.14. The number of benzene rings is 1. The van der Waals surface area contributed by atoms with E-state index in [4.69, 9.17) is 0 Å². The summed E-state index contributed by atoms with van der Waals surface area (Å²) >= 11 is 0. The number of para-hydroxylation sites is 1. The van der Waals surface area contributed by atoms with Gasteiger partial charge in [0.15, 0.2) is 0 Å². The van der Waals surface area contributed by atoms with E-state index in [0.29, 0.717) is 11.7 Å². The van der Waals surface area contributed by atoms with Crippen molar-refractivity contribution in [1.29, 1.82) is 0 Å². The number of unbranched alkanes of at least 4 members (excludes halogenated alkanes) is 1. The van der Waals surface area contributed by atoms with E-state index >= 15 is 0 Å². The zero-order chi connectivity index (χ0) is 12.0. The maximum absolute atomic E-state index is 9.97. The highest BCUT2D eigenvalue weighted by Crippen LogP contribution is 2.26. The summed E-state index contributed by atoms with van der Waals surface area (Å²) in [6, 6.07) is 6.06. The largest absolute Gasteiger partial charge is 0.507 e. The molecule has 0 aromatic heterocycles. The summed E-state index contributed by atoms with van der Waals surface area (Å²) in [7, 11) is 0. The highest BCUT2D eigenvalue weighted by atomic mass is 16.3. The molecule has 1 nitrogen and oxygen atoms in total. The van der Waals surface area contributed by atoms with E-state index in [0.717, 1.165) is 17.5 Å². The number of aryl methyl sites for hydroxylation is 1. The maximum Gasteiger partial charge on any atom is 0.121 e. The van der Waals surface area contributed by atoms with Crippen LogP contribution < -0.4 is 0 Å². The molecule has 1 rings (SSSR count). The molecule has 0 heterocycles. The van der Waals surface area contributed by atoms with Crippen LogP contribution in [0.15, 0.2) is 18.2 Å². The predicted octanol–water partition coefficient (Wildman–Crippen LogP) is 4.46. The van der Waals surface area contributed by atoms with Crippen LogP contribution in [0.2, 0.25) is 0 Å². The highest BCUT2D eigenvalue weighted by molar-refractivity contribution is 5.39.